The molecule has 2 aromatic rings. The van der Waals surface area contributed by atoms with Crippen molar-refractivity contribution < 1.29 is 13.2 Å². The Balaban J connectivity index is 2.19. The second-order valence-corrected chi connectivity index (χ2v) is 5.13. The Hall–Kier alpha value is -2.81. The molecular weight excluding hydrogens is 357 g/mol. The van der Waals surface area contributed by atoms with E-state index in [4.69, 9.17) is 17.3 Å². The molecule has 1 heterocycles. The number of aliphatic imine (C=N–C) groups is 1. The predicted octanol–water partition coefficient (Wildman–Crippen LogP) is 3.07. The first-order valence-electron chi connectivity index (χ1n) is 6.95. The molecule has 0 saturated carbocycles. The van der Waals surface area contributed by atoms with Gasteiger partial charge in [-0.1, -0.05) is 11.6 Å². The summed E-state index contributed by atoms with van der Waals surface area (Å²) in [6.07, 6.45) is 4.02. The van der Waals surface area contributed by atoms with E-state index in [1.165, 1.54) is 18.6 Å². The van der Waals surface area contributed by atoms with Crippen LogP contribution < -0.4 is 16.4 Å². The third-order valence-corrected chi connectivity index (χ3v) is 3.26. The molecule has 132 valence electrons. The quantitative estimate of drug-likeness (QED) is 0.680. The van der Waals surface area contributed by atoms with Crippen molar-refractivity contribution in [3.05, 3.63) is 58.3 Å². The molecule has 0 unspecified atom stereocenters. The van der Waals surface area contributed by atoms with Crippen molar-refractivity contribution in [1.82, 2.24) is 9.97 Å². The number of aromatic nitrogens is 2. The van der Waals surface area contributed by atoms with Crippen LogP contribution in [0.5, 0.6) is 0 Å². The molecule has 10 heteroatoms. The molecule has 0 radical (unpaired) electrons. The van der Waals surface area contributed by atoms with Crippen molar-refractivity contribution in [2.24, 2.45) is 10.7 Å². The summed E-state index contributed by atoms with van der Waals surface area (Å²) < 4.78 is 40.3. The maximum absolute atomic E-state index is 13.7. The van der Waals surface area contributed by atoms with Gasteiger partial charge in [0.25, 0.3) is 0 Å². The Kier molecular flexibility index (Phi) is 6.18. The first kappa shape index (κ1) is 18.5. The van der Waals surface area contributed by atoms with E-state index in [1.807, 2.05) is 0 Å². The number of hydrogen-bond acceptors (Lipinski definition) is 6. The zero-order valence-corrected chi connectivity index (χ0v) is 13.8. The van der Waals surface area contributed by atoms with Crippen LogP contribution in [0.4, 0.5) is 24.9 Å². The van der Waals surface area contributed by atoms with Crippen molar-refractivity contribution in [1.29, 1.82) is 0 Å². The van der Waals surface area contributed by atoms with E-state index in [0.717, 1.165) is 0 Å². The number of benzene rings is 1. The summed E-state index contributed by atoms with van der Waals surface area (Å²) in [7, 11) is 1.56. The number of hydrogen-bond donors (Lipinski definition) is 3. The van der Waals surface area contributed by atoms with Crippen LogP contribution in [0.3, 0.4) is 0 Å². The lowest BCUT2D eigenvalue weighted by Crippen LogP contribution is -2.10. The van der Waals surface area contributed by atoms with Crippen molar-refractivity contribution in [2.45, 2.75) is 6.54 Å². The molecule has 1 aromatic heterocycles. The molecule has 0 aliphatic heterocycles. The molecule has 0 atom stereocenters. The fourth-order valence-electron chi connectivity index (χ4n) is 1.85. The number of anilines is 2. The Morgan fingerprint density at radius 2 is 2.00 bits per heavy atom. The first-order valence-corrected chi connectivity index (χ1v) is 7.33. The molecule has 6 nitrogen and oxygen atoms in total. The summed E-state index contributed by atoms with van der Waals surface area (Å²) >= 11 is 5.97. The van der Waals surface area contributed by atoms with Gasteiger partial charge in [-0.05, 0) is 0 Å². The maximum Gasteiger partial charge on any atom is 0.229 e. The van der Waals surface area contributed by atoms with Gasteiger partial charge in [0.1, 0.15) is 22.5 Å². The van der Waals surface area contributed by atoms with Crippen LogP contribution in [0.1, 0.15) is 5.56 Å². The van der Waals surface area contributed by atoms with Crippen molar-refractivity contribution in [3.8, 4) is 0 Å². The summed E-state index contributed by atoms with van der Waals surface area (Å²) in [6.45, 7) is -0.288. The van der Waals surface area contributed by atoms with E-state index in [9.17, 15) is 13.2 Å². The highest BCUT2D eigenvalue weighted by molar-refractivity contribution is 6.32. The molecule has 4 N–H and O–H groups in total. The third kappa shape index (κ3) is 4.83. The molecule has 0 saturated heterocycles. The molecule has 0 spiro atoms. The fraction of sp³-hybridized carbons (Fsp3) is 0.133. The van der Waals surface area contributed by atoms with Gasteiger partial charge in [-0.25, -0.2) is 18.2 Å². The monoisotopic (exact) mass is 370 g/mol. The summed E-state index contributed by atoms with van der Waals surface area (Å²) in [5, 5.41) is 5.61. The van der Waals surface area contributed by atoms with Gasteiger partial charge >= 0.3 is 0 Å². The highest BCUT2D eigenvalue weighted by atomic mass is 35.5. The van der Waals surface area contributed by atoms with Gasteiger partial charge in [0.05, 0.1) is 11.9 Å². The normalized spacial score (nSPS) is 11.8. The average molecular weight is 371 g/mol. The Morgan fingerprint density at radius 1 is 1.32 bits per heavy atom. The number of halogens is 4. The molecule has 1 aromatic carbocycles. The number of nitrogens with two attached hydrogens (primary N) is 1. The fourth-order valence-corrected chi connectivity index (χ4v) is 2.01. The lowest BCUT2D eigenvalue weighted by molar-refractivity contribution is 0.526. The standard InChI is InChI=1S/C15H14ClF3N6/c1-21-5-9(4-20)24-15-23-7-11(16)14(25-15)22-6-10-12(18)2-8(17)3-13(10)19/h2-5,7H,6,20H2,1H3,(H2,22,23,24,25). The smallest absolute Gasteiger partial charge is 0.229 e. The van der Waals surface area contributed by atoms with Gasteiger partial charge in [-0.3, -0.25) is 4.99 Å². The Labute approximate surface area is 146 Å². The Bertz CT molecular complexity index is 802. The molecule has 25 heavy (non-hydrogen) atoms. The van der Waals surface area contributed by atoms with Crippen LogP contribution >= 0.6 is 11.6 Å². The molecule has 0 aliphatic rings. The van der Waals surface area contributed by atoms with E-state index in [1.54, 1.807) is 7.05 Å². The first-order chi connectivity index (χ1) is 11.9. The van der Waals surface area contributed by atoms with Crippen molar-refractivity contribution in [2.75, 3.05) is 17.7 Å². The van der Waals surface area contributed by atoms with Crippen LogP contribution in [0.2, 0.25) is 5.02 Å². The summed E-state index contributed by atoms with van der Waals surface area (Å²) in [5.41, 5.74) is 5.52. The lowest BCUT2D eigenvalue weighted by Gasteiger charge is -2.11. The SMILES string of the molecule is CN=CC(=CN)Nc1ncc(Cl)c(NCc2c(F)cc(F)cc2F)n1. The minimum atomic E-state index is -1.01. The highest BCUT2D eigenvalue weighted by Gasteiger charge is 2.13. The Morgan fingerprint density at radius 3 is 2.60 bits per heavy atom. The van der Waals surface area contributed by atoms with Gasteiger partial charge in [0.2, 0.25) is 5.95 Å². The van der Waals surface area contributed by atoms with Gasteiger partial charge in [-0.2, -0.15) is 4.98 Å². The number of nitrogens with one attached hydrogen (secondary N) is 2. The van der Waals surface area contributed by atoms with E-state index in [-0.39, 0.29) is 28.9 Å². The molecule has 2 rings (SSSR count). The van der Waals surface area contributed by atoms with Crippen molar-refractivity contribution >= 4 is 29.6 Å². The predicted molar refractivity (Wildman–Crippen MR) is 91.0 cm³/mol. The summed E-state index contributed by atoms with van der Waals surface area (Å²) in [5.74, 6) is -2.75. The van der Waals surface area contributed by atoms with Gasteiger partial charge < -0.3 is 16.4 Å². The van der Waals surface area contributed by atoms with E-state index in [2.05, 4.69) is 25.6 Å². The van der Waals surface area contributed by atoms with Gasteiger partial charge in [-0.15, -0.1) is 0 Å². The van der Waals surface area contributed by atoms with Gasteiger partial charge in [0, 0.05) is 43.7 Å². The largest absolute Gasteiger partial charge is 0.403 e. The average Bonchev–Trinajstić information content (AvgIpc) is 2.56. The third-order valence-electron chi connectivity index (χ3n) is 2.99. The summed E-state index contributed by atoms with van der Waals surface area (Å²) in [4.78, 5) is 11.9. The molecule has 0 amide bonds. The molecule has 0 aliphatic carbocycles. The minimum Gasteiger partial charge on any atom is -0.403 e. The molecule has 0 bridgehead atoms. The van der Waals surface area contributed by atoms with Gasteiger partial charge in [0.15, 0.2) is 5.82 Å². The zero-order valence-electron chi connectivity index (χ0n) is 13.0. The van der Waals surface area contributed by atoms with Crippen LogP contribution in [0.25, 0.3) is 0 Å². The van der Waals surface area contributed by atoms with E-state index < -0.39 is 17.5 Å². The highest BCUT2D eigenvalue weighted by Crippen LogP contribution is 2.22. The topological polar surface area (TPSA) is 88.2 Å². The van der Waals surface area contributed by atoms with Crippen LogP contribution in [-0.2, 0) is 6.54 Å². The maximum atomic E-state index is 13.7. The van der Waals surface area contributed by atoms with Crippen LogP contribution in [0.15, 0.2) is 35.2 Å². The van der Waals surface area contributed by atoms with E-state index in [0.29, 0.717) is 17.8 Å². The number of allylic oxidation sites excluding steroid dienone is 1. The molecular formula is C15H14ClF3N6. The van der Waals surface area contributed by atoms with Crippen molar-refractivity contribution in [3.63, 3.8) is 0 Å². The van der Waals surface area contributed by atoms with E-state index >= 15 is 0 Å². The number of rotatable bonds is 6. The second kappa shape index (κ2) is 8.34. The molecule has 0 fully saturated rings. The second-order valence-electron chi connectivity index (χ2n) is 4.73. The number of nitrogens with zero attached hydrogens (tertiary/aromatic N) is 3. The van der Waals surface area contributed by atoms with Crippen LogP contribution in [-0.4, -0.2) is 23.2 Å². The lowest BCUT2D eigenvalue weighted by atomic mass is 10.2. The van der Waals surface area contributed by atoms with Crippen LogP contribution in [0, 0.1) is 17.5 Å². The minimum absolute atomic E-state index is 0.132. The summed E-state index contributed by atoms with van der Waals surface area (Å²) in [6, 6.07) is 1.19. The zero-order chi connectivity index (χ0) is 18.4.